The molecule has 3 N–H and O–H groups in total. The van der Waals surface area contributed by atoms with Gasteiger partial charge in [-0.2, -0.15) is 0 Å². The van der Waals surface area contributed by atoms with Crippen LogP contribution in [-0.2, 0) is 25.6 Å². The van der Waals surface area contributed by atoms with E-state index in [9.17, 15) is 9.59 Å². The third kappa shape index (κ3) is 6.27. The zero-order chi connectivity index (χ0) is 27.3. The number of esters is 2. The standard InChI is InChI=1S/C31H39N3O4/c1-5-6-17-37-29(35)26-21(2)33-22(3)27(28(26)24-13-10-14-25(32)18-24)30(36)38-31(4)15-16-34(20-31)19-23-11-8-7-9-12-23/h7-14,18,28,33H,5-6,15-17,19-20,32H2,1-4H3. The van der Waals surface area contributed by atoms with Crippen molar-refractivity contribution in [2.45, 2.75) is 65.0 Å². The minimum absolute atomic E-state index is 0.327. The van der Waals surface area contributed by atoms with Crippen LogP contribution in [0.1, 0.15) is 64.0 Å². The Morgan fingerprint density at radius 3 is 2.45 bits per heavy atom. The van der Waals surface area contributed by atoms with Crippen molar-refractivity contribution in [3.8, 4) is 0 Å². The van der Waals surface area contributed by atoms with E-state index >= 15 is 0 Å². The predicted molar refractivity (Wildman–Crippen MR) is 149 cm³/mol. The summed E-state index contributed by atoms with van der Waals surface area (Å²) >= 11 is 0. The summed E-state index contributed by atoms with van der Waals surface area (Å²) in [4.78, 5) is 29.5. The fraction of sp³-hybridized carbons (Fsp3) is 0.419. The van der Waals surface area contributed by atoms with E-state index in [-0.39, 0.29) is 0 Å². The molecule has 2 aromatic carbocycles. The Morgan fingerprint density at radius 2 is 1.76 bits per heavy atom. The molecule has 7 nitrogen and oxygen atoms in total. The number of ether oxygens (including phenoxy) is 2. The van der Waals surface area contributed by atoms with Crippen LogP contribution >= 0.6 is 0 Å². The van der Waals surface area contributed by atoms with Crippen LogP contribution in [0.5, 0.6) is 0 Å². The molecule has 4 rings (SSSR count). The summed E-state index contributed by atoms with van der Waals surface area (Å²) in [7, 11) is 0. The van der Waals surface area contributed by atoms with E-state index in [1.165, 1.54) is 5.56 Å². The summed E-state index contributed by atoms with van der Waals surface area (Å²) in [6.45, 7) is 10.3. The topological polar surface area (TPSA) is 93.9 Å². The van der Waals surface area contributed by atoms with Crippen molar-refractivity contribution in [2.24, 2.45) is 0 Å². The first kappa shape index (κ1) is 27.5. The second-order valence-electron chi connectivity index (χ2n) is 10.6. The van der Waals surface area contributed by atoms with Gasteiger partial charge in [-0.3, -0.25) is 4.90 Å². The van der Waals surface area contributed by atoms with E-state index in [1.807, 2.05) is 64.1 Å². The zero-order valence-corrected chi connectivity index (χ0v) is 22.9. The van der Waals surface area contributed by atoms with E-state index in [0.717, 1.165) is 37.9 Å². The molecule has 2 unspecified atom stereocenters. The lowest BCUT2D eigenvalue weighted by Gasteiger charge is -2.33. The van der Waals surface area contributed by atoms with E-state index in [0.29, 0.717) is 41.4 Å². The number of carbonyl (C=O) groups excluding carboxylic acids is 2. The van der Waals surface area contributed by atoms with Crippen molar-refractivity contribution in [1.29, 1.82) is 0 Å². The van der Waals surface area contributed by atoms with Gasteiger partial charge in [-0.15, -0.1) is 0 Å². The summed E-state index contributed by atoms with van der Waals surface area (Å²) in [5.74, 6) is -1.51. The van der Waals surface area contributed by atoms with Crippen molar-refractivity contribution < 1.29 is 19.1 Å². The smallest absolute Gasteiger partial charge is 0.337 e. The van der Waals surface area contributed by atoms with Crippen molar-refractivity contribution in [3.05, 3.63) is 88.3 Å². The monoisotopic (exact) mass is 517 g/mol. The molecule has 0 radical (unpaired) electrons. The van der Waals surface area contributed by atoms with Gasteiger partial charge in [-0.25, -0.2) is 9.59 Å². The maximum atomic E-state index is 13.9. The van der Waals surface area contributed by atoms with Gasteiger partial charge in [0.05, 0.1) is 23.7 Å². The van der Waals surface area contributed by atoms with Crippen LogP contribution in [0.4, 0.5) is 5.69 Å². The zero-order valence-electron chi connectivity index (χ0n) is 22.9. The molecule has 0 bridgehead atoms. The molecular formula is C31H39N3O4. The van der Waals surface area contributed by atoms with Crippen LogP contribution in [0, 0.1) is 0 Å². The molecule has 0 aromatic heterocycles. The highest BCUT2D eigenvalue weighted by Gasteiger charge is 2.42. The summed E-state index contributed by atoms with van der Waals surface area (Å²) < 4.78 is 11.8. The van der Waals surface area contributed by atoms with E-state index < -0.39 is 23.5 Å². The quantitative estimate of drug-likeness (QED) is 0.273. The molecule has 38 heavy (non-hydrogen) atoms. The lowest BCUT2D eigenvalue weighted by Crippen LogP contribution is -2.39. The van der Waals surface area contributed by atoms with Gasteiger partial charge in [0.1, 0.15) is 5.60 Å². The molecule has 2 aliphatic heterocycles. The van der Waals surface area contributed by atoms with Gasteiger partial charge in [-0.05, 0) is 50.5 Å². The first-order valence-electron chi connectivity index (χ1n) is 13.4. The number of dihydropyridines is 1. The van der Waals surface area contributed by atoms with Gasteiger partial charge in [0.15, 0.2) is 0 Å². The number of nitrogens with two attached hydrogens (primary N) is 1. The number of allylic oxidation sites excluding steroid dienone is 2. The van der Waals surface area contributed by atoms with Crippen LogP contribution in [-0.4, -0.2) is 42.1 Å². The number of hydrogen-bond donors (Lipinski definition) is 2. The van der Waals surface area contributed by atoms with E-state index in [1.54, 1.807) is 6.07 Å². The van der Waals surface area contributed by atoms with Crippen LogP contribution in [0.2, 0.25) is 0 Å². The average Bonchev–Trinajstić information content (AvgIpc) is 3.23. The molecule has 0 amide bonds. The van der Waals surface area contributed by atoms with Crippen molar-refractivity contribution in [2.75, 3.05) is 25.4 Å². The van der Waals surface area contributed by atoms with Crippen LogP contribution in [0.15, 0.2) is 77.1 Å². The highest BCUT2D eigenvalue weighted by Crippen LogP contribution is 2.41. The fourth-order valence-corrected chi connectivity index (χ4v) is 5.36. The summed E-state index contributed by atoms with van der Waals surface area (Å²) in [6, 6.07) is 17.6. The highest BCUT2D eigenvalue weighted by molar-refractivity contribution is 6.00. The van der Waals surface area contributed by atoms with E-state index in [2.05, 4.69) is 22.3 Å². The lowest BCUT2D eigenvalue weighted by molar-refractivity contribution is -0.152. The largest absolute Gasteiger partial charge is 0.462 e. The van der Waals surface area contributed by atoms with Crippen molar-refractivity contribution in [1.82, 2.24) is 10.2 Å². The minimum atomic E-state index is -0.646. The first-order chi connectivity index (χ1) is 18.2. The summed E-state index contributed by atoms with van der Waals surface area (Å²) in [5.41, 5.74) is 10.2. The van der Waals surface area contributed by atoms with Gasteiger partial charge in [0.2, 0.25) is 0 Å². The fourth-order valence-electron chi connectivity index (χ4n) is 5.36. The van der Waals surface area contributed by atoms with Gasteiger partial charge >= 0.3 is 11.9 Å². The molecule has 7 heteroatoms. The maximum absolute atomic E-state index is 13.9. The molecule has 0 spiro atoms. The number of nitrogens with one attached hydrogen (secondary N) is 1. The number of rotatable bonds is 9. The minimum Gasteiger partial charge on any atom is -0.462 e. The Morgan fingerprint density at radius 1 is 1.05 bits per heavy atom. The lowest BCUT2D eigenvalue weighted by atomic mass is 9.80. The molecule has 0 aliphatic carbocycles. The molecule has 2 heterocycles. The third-order valence-electron chi connectivity index (χ3n) is 7.28. The number of nitrogen functional groups attached to an aromatic ring is 1. The third-order valence-corrected chi connectivity index (χ3v) is 7.28. The van der Waals surface area contributed by atoms with Gasteiger partial charge < -0.3 is 20.5 Å². The normalized spacial score (nSPS) is 21.8. The second-order valence-corrected chi connectivity index (χ2v) is 10.6. The Balaban J connectivity index is 1.60. The molecule has 1 saturated heterocycles. The number of hydrogen-bond acceptors (Lipinski definition) is 7. The molecule has 202 valence electrons. The Bertz CT molecular complexity index is 1240. The van der Waals surface area contributed by atoms with Crippen molar-refractivity contribution >= 4 is 17.6 Å². The Labute approximate surface area is 225 Å². The number of anilines is 1. The number of unbranched alkanes of at least 4 members (excludes halogenated alkanes) is 1. The Hall–Kier alpha value is -3.58. The first-order valence-corrected chi connectivity index (χ1v) is 13.4. The number of carbonyl (C=O) groups is 2. The molecule has 2 atom stereocenters. The summed E-state index contributed by atoms with van der Waals surface area (Å²) in [6.07, 6.45) is 2.42. The Kier molecular flexibility index (Phi) is 8.57. The summed E-state index contributed by atoms with van der Waals surface area (Å²) in [5, 5.41) is 3.24. The van der Waals surface area contributed by atoms with E-state index in [4.69, 9.17) is 15.2 Å². The molecule has 2 aromatic rings. The van der Waals surface area contributed by atoms with Crippen LogP contribution < -0.4 is 11.1 Å². The second kappa shape index (κ2) is 11.9. The van der Waals surface area contributed by atoms with Crippen molar-refractivity contribution in [3.63, 3.8) is 0 Å². The van der Waals surface area contributed by atoms with Gasteiger partial charge in [0, 0.05) is 43.1 Å². The molecule has 0 saturated carbocycles. The maximum Gasteiger partial charge on any atom is 0.337 e. The number of likely N-dealkylation sites (tertiary alicyclic amines) is 1. The molecular weight excluding hydrogens is 478 g/mol. The SMILES string of the molecule is CCCCOC(=O)C1=C(C)NC(C)=C(C(=O)OC2(C)CCN(Cc3ccccc3)C2)C1c1cccc(N)c1. The number of benzene rings is 2. The van der Waals surface area contributed by atoms with Gasteiger partial charge in [0.25, 0.3) is 0 Å². The van der Waals surface area contributed by atoms with Crippen LogP contribution in [0.3, 0.4) is 0 Å². The molecule has 1 fully saturated rings. The van der Waals surface area contributed by atoms with Gasteiger partial charge in [-0.1, -0.05) is 55.8 Å². The average molecular weight is 518 g/mol. The number of nitrogens with zero attached hydrogens (tertiary/aromatic N) is 1. The predicted octanol–water partition coefficient (Wildman–Crippen LogP) is 5.05. The van der Waals surface area contributed by atoms with Crippen LogP contribution in [0.25, 0.3) is 0 Å². The highest BCUT2D eigenvalue weighted by atomic mass is 16.6. The molecule has 2 aliphatic rings.